The lowest BCUT2D eigenvalue weighted by molar-refractivity contribution is -0.137. The highest BCUT2D eigenvalue weighted by Crippen LogP contribution is 2.24. The van der Waals surface area contributed by atoms with Gasteiger partial charge in [-0.15, -0.1) is 0 Å². The molecule has 0 amide bonds. The molecule has 0 radical (unpaired) electrons. The summed E-state index contributed by atoms with van der Waals surface area (Å²) in [6.45, 7) is 4.17. The number of aliphatic carboxylic acids is 1. The van der Waals surface area contributed by atoms with Gasteiger partial charge in [0, 0.05) is 12.1 Å². The van der Waals surface area contributed by atoms with Gasteiger partial charge in [-0.25, -0.2) is 4.79 Å². The fraction of sp³-hybridized carbons (Fsp3) is 0.269. The van der Waals surface area contributed by atoms with Crippen molar-refractivity contribution in [2.24, 2.45) is 0 Å². The van der Waals surface area contributed by atoms with E-state index in [9.17, 15) is 9.90 Å². The first-order chi connectivity index (χ1) is 14.4. The van der Waals surface area contributed by atoms with Crippen molar-refractivity contribution >= 4 is 11.7 Å². The third kappa shape index (κ3) is 6.66. The first-order valence-corrected chi connectivity index (χ1v) is 10.3. The predicted octanol–water partition coefficient (Wildman–Crippen LogP) is 5.58. The Hall–Kier alpha value is -3.27. The van der Waals surface area contributed by atoms with Gasteiger partial charge >= 0.3 is 5.97 Å². The van der Waals surface area contributed by atoms with Gasteiger partial charge < -0.3 is 15.2 Å². The molecule has 0 bridgehead atoms. The van der Waals surface area contributed by atoms with Crippen LogP contribution in [0.4, 0.5) is 5.69 Å². The number of carboxylic acid groups (broad SMARTS) is 1. The third-order valence-corrected chi connectivity index (χ3v) is 5.03. The fourth-order valence-corrected chi connectivity index (χ4v) is 3.33. The van der Waals surface area contributed by atoms with Crippen LogP contribution in [-0.4, -0.2) is 22.7 Å². The molecule has 0 fully saturated rings. The second kappa shape index (κ2) is 9.97. The number of rotatable bonds is 10. The minimum absolute atomic E-state index is 0.304. The summed E-state index contributed by atoms with van der Waals surface area (Å²) in [7, 11) is 0. The van der Waals surface area contributed by atoms with Crippen molar-refractivity contribution < 1.29 is 14.6 Å². The number of anilines is 1. The Morgan fingerprint density at radius 1 is 0.900 bits per heavy atom. The lowest BCUT2D eigenvalue weighted by Gasteiger charge is -2.27. The average molecular weight is 404 g/mol. The van der Waals surface area contributed by atoms with Gasteiger partial charge in [0.2, 0.25) is 0 Å². The van der Waals surface area contributed by atoms with E-state index < -0.39 is 12.0 Å². The van der Waals surface area contributed by atoms with Gasteiger partial charge in [-0.1, -0.05) is 60.7 Å². The second-order valence-electron chi connectivity index (χ2n) is 8.10. The third-order valence-electron chi connectivity index (χ3n) is 5.03. The van der Waals surface area contributed by atoms with E-state index in [4.69, 9.17) is 4.74 Å². The highest BCUT2D eigenvalue weighted by Gasteiger charge is 2.20. The highest BCUT2D eigenvalue weighted by atomic mass is 16.5. The van der Waals surface area contributed by atoms with Crippen LogP contribution < -0.4 is 10.1 Å². The molecule has 3 aromatic carbocycles. The Morgan fingerprint density at radius 2 is 1.47 bits per heavy atom. The predicted molar refractivity (Wildman–Crippen MR) is 121 cm³/mol. The minimum atomic E-state index is -0.874. The number of carboxylic acids is 1. The number of hydrogen-bond donors (Lipinski definition) is 2. The molecule has 0 spiro atoms. The molecule has 0 aliphatic rings. The molecular weight excluding hydrogens is 374 g/mol. The molecule has 4 nitrogen and oxygen atoms in total. The largest absolute Gasteiger partial charge is 0.488 e. The summed E-state index contributed by atoms with van der Waals surface area (Å²) in [4.78, 5) is 11.7. The molecule has 0 heterocycles. The number of aryl methyl sites for hydroxylation is 1. The van der Waals surface area contributed by atoms with Crippen LogP contribution in [0.1, 0.15) is 31.4 Å². The van der Waals surface area contributed by atoms with Crippen LogP contribution in [0.3, 0.4) is 0 Å². The van der Waals surface area contributed by atoms with Gasteiger partial charge in [-0.05, 0) is 62.1 Å². The van der Waals surface area contributed by atoms with Gasteiger partial charge in [-0.3, -0.25) is 0 Å². The van der Waals surface area contributed by atoms with Gasteiger partial charge in [0.25, 0.3) is 0 Å². The lowest BCUT2D eigenvalue weighted by Crippen LogP contribution is -2.31. The smallest absolute Gasteiger partial charge is 0.326 e. The van der Waals surface area contributed by atoms with Crippen LogP contribution >= 0.6 is 0 Å². The molecule has 0 saturated carbocycles. The van der Waals surface area contributed by atoms with Crippen LogP contribution in [0.25, 0.3) is 0 Å². The molecule has 3 aromatic rings. The second-order valence-corrected chi connectivity index (χ2v) is 8.10. The van der Waals surface area contributed by atoms with Crippen molar-refractivity contribution in [1.29, 1.82) is 0 Å². The van der Waals surface area contributed by atoms with E-state index in [1.165, 1.54) is 5.56 Å². The maximum Gasteiger partial charge on any atom is 0.326 e. The summed E-state index contributed by atoms with van der Waals surface area (Å²) < 4.78 is 6.18. The molecule has 1 atom stereocenters. The van der Waals surface area contributed by atoms with E-state index in [1.54, 1.807) is 0 Å². The van der Waals surface area contributed by atoms with Crippen LogP contribution in [0.2, 0.25) is 0 Å². The lowest BCUT2D eigenvalue weighted by atomic mass is 9.98. The van der Waals surface area contributed by atoms with Gasteiger partial charge in [0.15, 0.2) is 0 Å². The molecule has 0 aliphatic heterocycles. The molecule has 3 rings (SSSR count). The van der Waals surface area contributed by atoms with Crippen LogP contribution in [-0.2, 0) is 17.6 Å². The van der Waals surface area contributed by atoms with Gasteiger partial charge in [0.1, 0.15) is 17.4 Å². The Morgan fingerprint density at radius 3 is 2.03 bits per heavy atom. The van der Waals surface area contributed by atoms with Crippen molar-refractivity contribution in [3.63, 3.8) is 0 Å². The number of nitrogens with one attached hydrogen (secondary N) is 1. The van der Waals surface area contributed by atoms with Crippen LogP contribution in [0, 0.1) is 0 Å². The number of ether oxygens (including phenoxy) is 1. The van der Waals surface area contributed by atoms with E-state index in [0.717, 1.165) is 29.8 Å². The first kappa shape index (κ1) is 21.4. The van der Waals surface area contributed by atoms with E-state index in [2.05, 4.69) is 43.4 Å². The topological polar surface area (TPSA) is 58.6 Å². The zero-order chi connectivity index (χ0) is 21.4. The minimum Gasteiger partial charge on any atom is -0.488 e. The average Bonchev–Trinajstić information content (AvgIpc) is 2.74. The molecular formula is C26H29NO3. The van der Waals surface area contributed by atoms with Gasteiger partial charge in [-0.2, -0.15) is 0 Å². The van der Waals surface area contributed by atoms with Crippen molar-refractivity contribution in [3.05, 3.63) is 96.1 Å². The molecule has 0 aliphatic carbocycles. The summed E-state index contributed by atoms with van der Waals surface area (Å²) >= 11 is 0. The van der Waals surface area contributed by atoms with Crippen molar-refractivity contribution in [2.45, 2.75) is 44.8 Å². The summed E-state index contributed by atoms with van der Waals surface area (Å²) in [5.74, 6) is -0.102. The van der Waals surface area contributed by atoms with E-state index in [1.807, 2.05) is 60.7 Å². The van der Waals surface area contributed by atoms with E-state index in [0.29, 0.717) is 6.42 Å². The standard InChI is InChI=1S/C26H29NO3/c1-26(2,18-17-20-9-5-3-6-10-20)30-23-15-13-22(14-16-23)27-24(25(28)29)19-21-11-7-4-8-12-21/h3-16,24,27H,17-19H2,1-2H3,(H,28,29)/t24-/m0/s1. The van der Waals surface area contributed by atoms with E-state index in [-0.39, 0.29) is 5.60 Å². The quantitative estimate of drug-likeness (QED) is 0.464. The molecule has 0 aromatic heterocycles. The molecule has 4 heteroatoms. The molecule has 0 saturated heterocycles. The Bertz CT molecular complexity index is 922. The maximum atomic E-state index is 11.7. The van der Waals surface area contributed by atoms with Crippen LogP contribution in [0.15, 0.2) is 84.9 Å². The highest BCUT2D eigenvalue weighted by molar-refractivity contribution is 5.77. The summed E-state index contributed by atoms with van der Waals surface area (Å²) in [5, 5.41) is 12.7. The number of hydrogen-bond acceptors (Lipinski definition) is 3. The summed E-state index contributed by atoms with van der Waals surface area (Å²) in [6, 6.07) is 26.8. The maximum absolute atomic E-state index is 11.7. The summed E-state index contributed by atoms with van der Waals surface area (Å²) in [5.41, 5.74) is 2.74. The van der Waals surface area contributed by atoms with Crippen molar-refractivity contribution in [3.8, 4) is 5.75 Å². The number of carbonyl (C=O) groups is 1. The normalized spacial score (nSPS) is 12.2. The zero-order valence-corrected chi connectivity index (χ0v) is 17.5. The van der Waals surface area contributed by atoms with Gasteiger partial charge in [0.05, 0.1) is 0 Å². The first-order valence-electron chi connectivity index (χ1n) is 10.3. The molecule has 156 valence electrons. The SMILES string of the molecule is CC(C)(CCc1ccccc1)Oc1ccc(N[C@@H](Cc2ccccc2)C(=O)O)cc1. The Kier molecular flexibility index (Phi) is 7.12. The number of benzene rings is 3. The Labute approximate surface area is 178 Å². The molecule has 2 N–H and O–H groups in total. The Balaban J connectivity index is 1.57. The molecule has 30 heavy (non-hydrogen) atoms. The van der Waals surface area contributed by atoms with Crippen LogP contribution in [0.5, 0.6) is 5.75 Å². The molecule has 0 unspecified atom stereocenters. The van der Waals surface area contributed by atoms with E-state index >= 15 is 0 Å². The fourth-order valence-electron chi connectivity index (χ4n) is 3.33. The van der Waals surface area contributed by atoms with Crippen molar-refractivity contribution in [1.82, 2.24) is 0 Å². The zero-order valence-electron chi connectivity index (χ0n) is 17.5. The van der Waals surface area contributed by atoms with Crippen molar-refractivity contribution in [2.75, 3.05) is 5.32 Å². The summed E-state index contributed by atoms with van der Waals surface area (Å²) in [6.07, 6.45) is 2.27. The monoisotopic (exact) mass is 403 g/mol.